The van der Waals surface area contributed by atoms with Crippen molar-refractivity contribution in [3.8, 4) is 6.07 Å². The standard InChI is InChI=1S/C15H19N3O3/c1-2-21-14(19)11-17-15(20)18(10-6-9-16)12-13-7-4-3-5-8-13/h3-5,7-8H,2,6,10-12H2,1H3,(H,17,20). The SMILES string of the molecule is CCOC(=O)CNC(=O)N(CCC#N)Cc1ccccc1. The predicted molar refractivity (Wildman–Crippen MR) is 77.1 cm³/mol. The Balaban J connectivity index is 2.57. The monoisotopic (exact) mass is 289 g/mol. The molecule has 0 bridgehead atoms. The lowest BCUT2D eigenvalue weighted by Crippen LogP contribution is -2.42. The average Bonchev–Trinajstić information content (AvgIpc) is 2.50. The van der Waals surface area contributed by atoms with Gasteiger partial charge in [-0.2, -0.15) is 5.26 Å². The van der Waals surface area contributed by atoms with Gasteiger partial charge in [-0.3, -0.25) is 4.79 Å². The maximum Gasteiger partial charge on any atom is 0.325 e. The molecule has 1 rings (SSSR count). The van der Waals surface area contributed by atoms with Crippen molar-refractivity contribution in [2.75, 3.05) is 19.7 Å². The third-order valence-corrected chi connectivity index (χ3v) is 2.69. The number of rotatable bonds is 7. The van der Waals surface area contributed by atoms with Crippen molar-refractivity contribution in [2.45, 2.75) is 19.9 Å². The van der Waals surface area contributed by atoms with E-state index in [-0.39, 0.29) is 25.6 Å². The van der Waals surface area contributed by atoms with Crippen molar-refractivity contribution in [1.82, 2.24) is 10.2 Å². The fourth-order valence-electron chi connectivity index (χ4n) is 1.71. The van der Waals surface area contributed by atoms with E-state index in [0.29, 0.717) is 13.1 Å². The largest absolute Gasteiger partial charge is 0.465 e. The van der Waals surface area contributed by atoms with E-state index >= 15 is 0 Å². The summed E-state index contributed by atoms with van der Waals surface area (Å²) in [5.74, 6) is -0.481. The summed E-state index contributed by atoms with van der Waals surface area (Å²) in [7, 11) is 0. The van der Waals surface area contributed by atoms with E-state index in [9.17, 15) is 9.59 Å². The number of urea groups is 1. The molecular formula is C15H19N3O3. The highest BCUT2D eigenvalue weighted by molar-refractivity contribution is 5.80. The molecule has 0 fully saturated rings. The molecule has 0 radical (unpaired) electrons. The molecule has 21 heavy (non-hydrogen) atoms. The summed E-state index contributed by atoms with van der Waals surface area (Å²) in [5.41, 5.74) is 0.960. The van der Waals surface area contributed by atoms with Crippen LogP contribution >= 0.6 is 0 Å². The number of nitrogens with zero attached hydrogens (tertiary/aromatic N) is 2. The maximum absolute atomic E-state index is 12.1. The second kappa shape index (κ2) is 9.37. The summed E-state index contributed by atoms with van der Waals surface area (Å²) in [4.78, 5) is 24.8. The van der Waals surface area contributed by atoms with Crippen molar-refractivity contribution in [1.29, 1.82) is 5.26 Å². The number of hydrogen-bond donors (Lipinski definition) is 1. The van der Waals surface area contributed by atoms with Gasteiger partial charge in [-0.25, -0.2) is 4.79 Å². The van der Waals surface area contributed by atoms with Crippen LogP contribution in [0.2, 0.25) is 0 Å². The van der Waals surface area contributed by atoms with Gasteiger partial charge in [0.05, 0.1) is 19.1 Å². The van der Waals surface area contributed by atoms with Crippen LogP contribution in [0.3, 0.4) is 0 Å². The zero-order valence-corrected chi connectivity index (χ0v) is 12.0. The Morgan fingerprint density at radius 2 is 2.05 bits per heavy atom. The fraction of sp³-hybridized carbons (Fsp3) is 0.400. The maximum atomic E-state index is 12.1. The Hall–Kier alpha value is -2.55. The van der Waals surface area contributed by atoms with Gasteiger partial charge in [0.15, 0.2) is 0 Å². The molecule has 6 heteroatoms. The van der Waals surface area contributed by atoms with Gasteiger partial charge < -0.3 is 15.0 Å². The first-order valence-corrected chi connectivity index (χ1v) is 6.76. The normalized spacial score (nSPS) is 9.52. The van der Waals surface area contributed by atoms with E-state index in [1.165, 1.54) is 4.90 Å². The topological polar surface area (TPSA) is 82.4 Å². The van der Waals surface area contributed by atoms with Gasteiger partial charge in [0, 0.05) is 13.1 Å². The molecule has 0 aliphatic carbocycles. The van der Waals surface area contributed by atoms with Crippen molar-refractivity contribution in [2.24, 2.45) is 0 Å². The highest BCUT2D eigenvalue weighted by Gasteiger charge is 2.14. The van der Waals surface area contributed by atoms with Crippen molar-refractivity contribution in [3.63, 3.8) is 0 Å². The Morgan fingerprint density at radius 3 is 2.67 bits per heavy atom. The molecule has 6 nitrogen and oxygen atoms in total. The Bertz CT molecular complexity index is 497. The van der Waals surface area contributed by atoms with E-state index < -0.39 is 5.97 Å². The van der Waals surface area contributed by atoms with Crippen LogP contribution in [0.15, 0.2) is 30.3 Å². The molecule has 0 aliphatic heterocycles. The quantitative estimate of drug-likeness (QED) is 0.774. The molecular weight excluding hydrogens is 270 g/mol. The van der Waals surface area contributed by atoms with E-state index in [1.54, 1.807) is 6.92 Å². The van der Waals surface area contributed by atoms with Crippen LogP contribution < -0.4 is 5.32 Å². The van der Waals surface area contributed by atoms with Crippen molar-refractivity contribution < 1.29 is 14.3 Å². The van der Waals surface area contributed by atoms with Crippen LogP contribution in [-0.4, -0.2) is 36.6 Å². The Kier molecular flexibility index (Phi) is 7.36. The van der Waals surface area contributed by atoms with Gasteiger partial charge in [0.2, 0.25) is 0 Å². The van der Waals surface area contributed by atoms with Gasteiger partial charge >= 0.3 is 12.0 Å². The summed E-state index contributed by atoms with van der Waals surface area (Å²) in [6.07, 6.45) is 0.236. The summed E-state index contributed by atoms with van der Waals surface area (Å²) in [5, 5.41) is 11.2. The molecule has 0 heterocycles. The summed E-state index contributed by atoms with van der Waals surface area (Å²) in [6, 6.07) is 11.1. The molecule has 0 aliphatic rings. The highest BCUT2D eigenvalue weighted by Crippen LogP contribution is 2.05. The zero-order valence-electron chi connectivity index (χ0n) is 12.0. The minimum atomic E-state index is -0.481. The summed E-state index contributed by atoms with van der Waals surface area (Å²) in [6.45, 7) is 2.49. The van der Waals surface area contributed by atoms with Gasteiger partial charge in [-0.05, 0) is 12.5 Å². The molecule has 1 aromatic rings. The second-order valence-corrected chi connectivity index (χ2v) is 4.28. The van der Waals surface area contributed by atoms with Crippen molar-refractivity contribution in [3.05, 3.63) is 35.9 Å². The number of amides is 2. The first-order valence-electron chi connectivity index (χ1n) is 6.76. The van der Waals surface area contributed by atoms with Gasteiger partial charge in [-0.15, -0.1) is 0 Å². The first kappa shape index (κ1) is 16.5. The average molecular weight is 289 g/mol. The van der Waals surface area contributed by atoms with Crippen molar-refractivity contribution >= 4 is 12.0 Å². The number of nitriles is 1. The molecule has 0 atom stereocenters. The van der Waals surface area contributed by atoms with Crippen LogP contribution in [0.25, 0.3) is 0 Å². The van der Waals surface area contributed by atoms with Crippen LogP contribution in [0.1, 0.15) is 18.9 Å². The first-order chi connectivity index (χ1) is 10.2. The number of esters is 1. The lowest BCUT2D eigenvalue weighted by atomic mass is 10.2. The molecule has 0 unspecified atom stereocenters. The van der Waals surface area contributed by atoms with Crippen LogP contribution in [0.4, 0.5) is 4.79 Å². The molecule has 2 amide bonds. The molecule has 1 N–H and O–H groups in total. The third kappa shape index (κ3) is 6.43. The number of benzene rings is 1. The van der Waals surface area contributed by atoms with E-state index in [2.05, 4.69) is 5.32 Å². The zero-order chi connectivity index (χ0) is 15.5. The molecule has 0 saturated heterocycles. The van der Waals surface area contributed by atoms with Crippen LogP contribution in [-0.2, 0) is 16.1 Å². The van der Waals surface area contributed by atoms with Gasteiger partial charge in [0.25, 0.3) is 0 Å². The lowest BCUT2D eigenvalue weighted by molar-refractivity contribution is -0.141. The molecule has 0 saturated carbocycles. The second-order valence-electron chi connectivity index (χ2n) is 4.28. The smallest absolute Gasteiger partial charge is 0.325 e. The highest BCUT2D eigenvalue weighted by atomic mass is 16.5. The number of nitrogens with one attached hydrogen (secondary N) is 1. The van der Waals surface area contributed by atoms with E-state index in [0.717, 1.165) is 5.56 Å². The number of hydrogen-bond acceptors (Lipinski definition) is 4. The molecule has 0 spiro atoms. The van der Waals surface area contributed by atoms with E-state index in [4.69, 9.17) is 10.00 Å². The number of ether oxygens (including phenoxy) is 1. The number of carbonyl (C=O) groups is 2. The molecule has 112 valence electrons. The fourth-order valence-corrected chi connectivity index (χ4v) is 1.71. The van der Waals surface area contributed by atoms with Gasteiger partial charge in [-0.1, -0.05) is 30.3 Å². The molecule has 1 aromatic carbocycles. The predicted octanol–water partition coefficient (Wildman–Crippen LogP) is 1.67. The Morgan fingerprint density at radius 1 is 1.33 bits per heavy atom. The minimum absolute atomic E-state index is 0.176. The Labute approximate surface area is 124 Å². The number of carbonyl (C=O) groups excluding carboxylic acids is 2. The third-order valence-electron chi connectivity index (χ3n) is 2.69. The van der Waals surface area contributed by atoms with Gasteiger partial charge in [0.1, 0.15) is 6.54 Å². The minimum Gasteiger partial charge on any atom is -0.465 e. The summed E-state index contributed by atoms with van der Waals surface area (Å²) < 4.78 is 4.75. The summed E-state index contributed by atoms with van der Waals surface area (Å²) >= 11 is 0. The van der Waals surface area contributed by atoms with Crippen LogP contribution in [0, 0.1) is 11.3 Å². The lowest BCUT2D eigenvalue weighted by Gasteiger charge is -2.22. The molecule has 0 aromatic heterocycles. The van der Waals surface area contributed by atoms with E-state index in [1.807, 2.05) is 36.4 Å². The van der Waals surface area contributed by atoms with Crippen LogP contribution in [0.5, 0.6) is 0 Å².